The quantitative estimate of drug-likeness (QED) is 0.346. The topological polar surface area (TPSA) is 98.0 Å². The van der Waals surface area contributed by atoms with E-state index in [0.29, 0.717) is 34.3 Å². The minimum atomic E-state index is -4.79. The first-order valence-electron chi connectivity index (χ1n) is 13.1. The second kappa shape index (κ2) is 9.50. The van der Waals surface area contributed by atoms with Crippen LogP contribution in [-0.2, 0) is 11.4 Å². The van der Waals surface area contributed by atoms with E-state index in [-0.39, 0.29) is 23.7 Å². The van der Waals surface area contributed by atoms with Crippen molar-refractivity contribution in [2.45, 2.75) is 57.5 Å². The summed E-state index contributed by atoms with van der Waals surface area (Å²) in [5, 5.41) is 13.6. The zero-order valence-corrected chi connectivity index (χ0v) is 21.0. The molecule has 4 saturated carbocycles. The molecule has 7 rings (SSSR count). The molecular formula is C29H28F3NO6. The lowest BCUT2D eigenvalue weighted by Crippen LogP contribution is -2.59. The molecule has 39 heavy (non-hydrogen) atoms. The number of halogens is 3. The summed E-state index contributed by atoms with van der Waals surface area (Å²) < 4.78 is 52.8. The third-order valence-corrected chi connectivity index (χ3v) is 8.59. The Bertz CT molecular complexity index is 1360. The molecular weight excluding hydrogens is 515 g/mol. The van der Waals surface area contributed by atoms with Crippen molar-refractivity contribution in [1.29, 1.82) is 0 Å². The van der Waals surface area contributed by atoms with Gasteiger partial charge in [0.25, 0.3) is 5.91 Å². The number of hydrogen-bond donors (Lipinski definition) is 2. The number of aliphatic carboxylic acids is 1. The van der Waals surface area contributed by atoms with E-state index in [1.807, 2.05) is 0 Å². The first-order chi connectivity index (χ1) is 18.6. The van der Waals surface area contributed by atoms with E-state index in [1.54, 1.807) is 12.1 Å². The van der Waals surface area contributed by atoms with Crippen LogP contribution in [0.25, 0.3) is 11.0 Å². The van der Waals surface area contributed by atoms with Crippen LogP contribution in [0.15, 0.2) is 53.1 Å². The summed E-state index contributed by atoms with van der Waals surface area (Å²) >= 11 is 0. The van der Waals surface area contributed by atoms with Crippen molar-refractivity contribution in [2.75, 3.05) is 0 Å². The number of ether oxygens (including phenoxy) is 2. The van der Waals surface area contributed by atoms with Gasteiger partial charge in [0.2, 0.25) is 0 Å². The Labute approximate surface area is 222 Å². The van der Waals surface area contributed by atoms with E-state index < -0.39 is 29.7 Å². The van der Waals surface area contributed by atoms with E-state index in [9.17, 15) is 27.9 Å². The third-order valence-electron chi connectivity index (χ3n) is 8.59. The van der Waals surface area contributed by atoms with E-state index in [1.165, 1.54) is 36.6 Å². The molecule has 0 aliphatic heterocycles. The van der Waals surface area contributed by atoms with Crippen LogP contribution in [-0.4, -0.2) is 29.4 Å². The van der Waals surface area contributed by atoms with Crippen molar-refractivity contribution < 1.29 is 41.8 Å². The van der Waals surface area contributed by atoms with Crippen molar-refractivity contribution in [2.24, 2.45) is 23.2 Å². The van der Waals surface area contributed by atoms with Gasteiger partial charge in [-0.25, -0.2) is 4.79 Å². The molecule has 0 unspecified atom stereocenters. The summed E-state index contributed by atoms with van der Waals surface area (Å²) in [5.74, 6) is -0.169. The van der Waals surface area contributed by atoms with Gasteiger partial charge >= 0.3 is 12.3 Å². The van der Waals surface area contributed by atoms with Crippen molar-refractivity contribution in [3.8, 4) is 11.5 Å². The number of nitrogens with one attached hydrogen (secondary N) is 1. The van der Waals surface area contributed by atoms with E-state index in [4.69, 9.17) is 9.15 Å². The summed E-state index contributed by atoms with van der Waals surface area (Å²) in [4.78, 5) is 26.1. The maximum atomic E-state index is 13.6. The Morgan fingerprint density at radius 3 is 2.23 bits per heavy atom. The average Bonchev–Trinajstić information content (AvgIpc) is 3.34. The number of benzene rings is 2. The van der Waals surface area contributed by atoms with Crippen LogP contribution < -0.4 is 14.8 Å². The number of carboxylic acids is 1. The highest BCUT2D eigenvalue weighted by Gasteiger charge is 2.56. The van der Waals surface area contributed by atoms with Gasteiger partial charge in [-0.3, -0.25) is 4.79 Å². The number of amides is 1. The molecule has 1 heterocycles. The maximum absolute atomic E-state index is 13.6. The molecule has 1 amide bonds. The molecule has 2 aromatic carbocycles. The second-order valence-electron chi connectivity index (χ2n) is 11.3. The predicted octanol–water partition coefficient (Wildman–Crippen LogP) is 6.31. The molecule has 206 valence electrons. The first kappa shape index (κ1) is 25.6. The Balaban J connectivity index is 1.24. The molecule has 0 spiro atoms. The summed E-state index contributed by atoms with van der Waals surface area (Å²) in [6.45, 7) is -0.0474. The van der Waals surface area contributed by atoms with Crippen molar-refractivity contribution in [3.05, 3.63) is 59.9 Å². The fourth-order valence-corrected chi connectivity index (χ4v) is 7.51. The zero-order chi connectivity index (χ0) is 27.4. The second-order valence-corrected chi connectivity index (χ2v) is 11.3. The van der Waals surface area contributed by atoms with Crippen molar-refractivity contribution >= 4 is 22.8 Å². The molecule has 1 atom stereocenters. The largest absolute Gasteiger partial charge is 0.573 e. The van der Waals surface area contributed by atoms with Crippen LogP contribution in [0, 0.1) is 23.2 Å². The number of furan rings is 1. The molecule has 10 heteroatoms. The Morgan fingerprint density at radius 1 is 1.00 bits per heavy atom. The van der Waals surface area contributed by atoms with Crippen LogP contribution in [0.3, 0.4) is 0 Å². The fourth-order valence-electron chi connectivity index (χ4n) is 7.51. The fraction of sp³-hybridized carbons (Fsp3) is 0.448. The van der Waals surface area contributed by atoms with Crippen LogP contribution in [0.4, 0.5) is 13.2 Å². The van der Waals surface area contributed by atoms with Crippen LogP contribution in [0.1, 0.15) is 54.4 Å². The molecule has 4 aliphatic rings. The van der Waals surface area contributed by atoms with Gasteiger partial charge in [-0.15, -0.1) is 13.2 Å². The molecule has 4 bridgehead atoms. The monoisotopic (exact) mass is 543 g/mol. The number of fused-ring (bicyclic) bond motifs is 1. The number of rotatable bonds is 8. The summed E-state index contributed by atoms with van der Waals surface area (Å²) in [5.41, 5.74) is 0.744. The summed E-state index contributed by atoms with van der Waals surface area (Å²) in [6, 6.07) is 9.04. The lowest BCUT2D eigenvalue weighted by molar-refractivity contribution is -0.274. The zero-order valence-electron chi connectivity index (χ0n) is 21.0. The van der Waals surface area contributed by atoms with Gasteiger partial charge in [0.05, 0.1) is 17.2 Å². The van der Waals surface area contributed by atoms with Gasteiger partial charge in [0.15, 0.2) is 0 Å². The Kier molecular flexibility index (Phi) is 6.23. The van der Waals surface area contributed by atoms with Crippen LogP contribution in [0.2, 0.25) is 0 Å². The van der Waals surface area contributed by atoms with E-state index in [0.717, 1.165) is 38.5 Å². The lowest BCUT2D eigenvalue weighted by Gasteiger charge is -2.58. The predicted molar refractivity (Wildman–Crippen MR) is 133 cm³/mol. The third kappa shape index (κ3) is 5.04. The van der Waals surface area contributed by atoms with Gasteiger partial charge in [0.1, 0.15) is 29.7 Å². The molecule has 7 nitrogen and oxygen atoms in total. The van der Waals surface area contributed by atoms with Gasteiger partial charge in [-0.05, 0) is 92.2 Å². The highest BCUT2D eigenvalue weighted by molar-refractivity contribution is 6.04. The van der Waals surface area contributed by atoms with Gasteiger partial charge in [-0.2, -0.15) is 0 Å². The number of carboxylic acid groups (broad SMARTS) is 1. The van der Waals surface area contributed by atoms with Crippen molar-refractivity contribution in [3.63, 3.8) is 0 Å². The van der Waals surface area contributed by atoms with Gasteiger partial charge in [0, 0.05) is 5.41 Å². The first-order valence-corrected chi connectivity index (χ1v) is 13.1. The van der Waals surface area contributed by atoms with Crippen molar-refractivity contribution in [1.82, 2.24) is 5.32 Å². The van der Waals surface area contributed by atoms with Crippen LogP contribution in [0.5, 0.6) is 11.5 Å². The molecule has 1 aromatic heterocycles. The highest BCUT2D eigenvalue weighted by Crippen LogP contribution is 2.61. The van der Waals surface area contributed by atoms with Gasteiger partial charge in [-0.1, -0.05) is 12.1 Å². The molecule has 3 aromatic rings. The molecule has 4 fully saturated rings. The number of carbonyl (C=O) groups is 2. The number of alkyl halides is 3. The number of carbonyl (C=O) groups excluding carboxylic acids is 1. The molecule has 0 radical (unpaired) electrons. The van der Waals surface area contributed by atoms with E-state index >= 15 is 0 Å². The Hall–Kier alpha value is -3.69. The molecule has 2 N–H and O–H groups in total. The normalized spacial score (nSPS) is 26.4. The summed E-state index contributed by atoms with van der Waals surface area (Å²) in [7, 11) is 0. The maximum Gasteiger partial charge on any atom is 0.573 e. The van der Waals surface area contributed by atoms with Crippen LogP contribution >= 0.6 is 0 Å². The highest BCUT2D eigenvalue weighted by atomic mass is 19.4. The summed E-state index contributed by atoms with van der Waals surface area (Å²) in [6.07, 6.45) is 2.56. The number of hydrogen-bond acceptors (Lipinski definition) is 5. The molecule has 4 aliphatic carbocycles. The standard InChI is InChI=1S/C29H28F3NO6/c30-29(31,32)39-20-3-1-16(2-4-20)15-38-24-21-7-8-37-23(21)6-5-22(24)26(34)33-25(27(35)36)28-12-17-9-18(13-28)11-19(10-17)14-28/h1-8,17-19,25H,9-15H2,(H,33,34)(H,35,36)/t17?,18?,19?,25-,28?/m1/s1. The lowest BCUT2D eigenvalue weighted by atomic mass is 9.47. The minimum absolute atomic E-state index is 0.0474. The minimum Gasteiger partial charge on any atom is -0.487 e. The smallest absolute Gasteiger partial charge is 0.487 e. The average molecular weight is 544 g/mol. The van der Waals surface area contributed by atoms with E-state index in [2.05, 4.69) is 10.1 Å². The Morgan fingerprint density at radius 2 is 1.64 bits per heavy atom. The SMILES string of the molecule is O=C(N[C@H](C(=O)O)C12CC3CC(CC(C3)C1)C2)c1ccc2occc2c1OCc1ccc(OC(F)(F)F)cc1. The van der Waals surface area contributed by atoms with Gasteiger partial charge < -0.3 is 24.3 Å². The molecule has 0 saturated heterocycles.